The summed E-state index contributed by atoms with van der Waals surface area (Å²) in [5, 5.41) is 3.30. The van der Waals surface area contributed by atoms with Crippen molar-refractivity contribution in [3.05, 3.63) is 40.3 Å². The summed E-state index contributed by atoms with van der Waals surface area (Å²) in [5.41, 5.74) is 12.2. The molecule has 70 valence electrons. The van der Waals surface area contributed by atoms with E-state index in [1.54, 1.807) is 0 Å². The predicted octanol–water partition coefficient (Wildman–Crippen LogP) is 1.63. The smallest absolute Gasteiger partial charge is 0.0880 e. The molecule has 1 aromatic carbocycles. The zero-order chi connectivity index (χ0) is 10.2. The standard InChI is InChI=1S/C9H9N5/c10-13-9-5-3-8(4-6-9)2-1-7-12-14-11/h3-6,13H,7,10H2. The van der Waals surface area contributed by atoms with E-state index in [1.165, 1.54) is 0 Å². The third kappa shape index (κ3) is 3.07. The van der Waals surface area contributed by atoms with Crippen LogP contribution in [0.3, 0.4) is 0 Å². The highest BCUT2D eigenvalue weighted by Gasteiger charge is 1.87. The van der Waals surface area contributed by atoms with Crippen LogP contribution in [0, 0.1) is 11.8 Å². The topological polar surface area (TPSA) is 86.8 Å². The molecule has 0 heterocycles. The van der Waals surface area contributed by atoms with Gasteiger partial charge in [0.15, 0.2) is 0 Å². The number of hydrazine groups is 1. The van der Waals surface area contributed by atoms with Crippen molar-refractivity contribution >= 4 is 5.69 Å². The van der Waals surface area contributed by atoms with E-state index in [1.807, 2.05) is 24.3 Å². The van der Waals surface area contributed by atoms with Gasteiger partial charge in [0, 0.05) is 16.2 Å². The zero-order valence-electron chi connectivity index (χ0n) is 7.44. The number of rotatable bonds is 2. The molecule has 0 saturated heterocycles. The Hall–Kier alpha value is -2.15. The quantitative estimate of drug-likeness (QED) is 0.184. The van der Waals surface area contributed by atoms with Crippen LogP contribution in [-0.2, 0) is 0 Å². The zero-order valence-corrected chi connectivity index (χ0v) is 7.44. The molecule has 5 heteroatoms. The van der Waals surface area contributed by atoms with Gasteiger partial charge in [-0.2, -0.15) is 0 Å². The third-order valence-corrected chi connectivity index (χ3v) is 1.50. The molecule has 5 nitrogen and oxygen atoms in total. The number of azide groups is 1. The highest BCUT2D eigenvalue weighted by Crippen LogP contribution is 2.06. The SMILES string of the molecule is [N-]=[N+]=NCC#Cc1ccc(NN)cc1. The molecular weight excluding hydrogens is 178 g/mol. The molecule has 0 aliphatic heterocycles. The van der Waals surface area contributed by atoms with Crippen molar-refractivity contribution in [1.82, 2.24) is 0 Å². The molecule has 1 rings (SSSR count). The molecule has 0 fully saturated rings. The lowest BCUT2D eigenvalue weighted by molar-refractivity contribution is 1.25. The fourth-order valence-electron chi connectivity index (χ4n) is 0.858. The van der Waals surface area contributed by atoms with Crippen molar-refractivity contribution in [2.75, 3.05) is 12.0 Å². The van der Waals surface area contributed by atoms with Crippen LogP contribution in [0.1, 0.15) is 5.56 Å². The second kappa shape index (κ2) is 5.49. The molecule has 0 aromatic heterocycles. The fourth-order valence-corrected chi connectivity index (χ4v) is 0.858. The first-order valence-corrected chi connectivity index (χ1v) is 3.93. The minimum atomic E-state index is 0.188. The molecule has 14 heavy (non-hydrogen) atoms. The molecule has 0 bridgehead atoms. The summed E-state index contributed by atoms with van der Waals surface area (Å²) in [4.78, 5) is 2.59. The Balaban J connectivity index is 2.66. The van der Waals surface area contributed by atoms with Crippen LogP contribution in [0.2, 0.25) is 0 Å². The van der Waals surface area contributed by atoms with Gasteiger partial charge in [-0.25, -0.2) is 0 Å². The summed E-state index contributed by atoms with van der Waals surface area (Å²) >= 11 is 0. The lowest BCUT2D eigenvalue weighted by Gasteiger charge is -1.97. The number of nitrogens with two attached hydrogens (primary N) is 1. The average Bonchev–Trinajstić information content (AvgIpc) is 2.25. The molecule has 0 radical (unpaired) electrons. The van der Waals surface area contributed by atoms with Gasteiger partial charge < -0.3 is 5.43 Å². The maximum Gasteiger partial charge on any atom is 0.0880 e. The van der Waals surface area contributed by atoms with Crippen molar-refractivity contribution < 1.29 is 0 Å². The lowest BCUT2D eigenvalue weighted by atomic mass is 10.2. The van der Waals surface area contributed by atoms with Crippen LogP contribution < -0.4 is 11.3 Å². The van der Waals surface area contributed by atoms with Gasteiger partial charge in [0.1, 0.15) is 0 Å². The van der Waals surface area contributed by atoms with E-state index in [9.17, 15) is 0 Å². The van der Waals surface area contributed by atoms with Crippen LogP contribution in [0.5, 0.6) is 0 Å². The van der Waals surface area contributed by atoms with E-state index >= 15 is 0 Å². The van der Waals surface area contributed by atoms with Gasteiger partial charge in [-0.3, -0.25) is 5.84 Å². The fraction of sp³-hybridized carbons (Fsp3) is 0.111. The highest BCUT2D eigenvalue weighted by atomic mass is 15.2. The Morgan fingerprint density at radius 1 is 1.43 bits per heavy atom. The Morgan fingerprint density at radius 2 is 2.14 bits per heavy atom. The average molecular weight is 187 g/mol. The van der Waals surface area contributed by atoms with Gasteiger partial charge in [0.05, 0.1) is 6.54 Å². The van der Waals surface area contributed by atoms with Crippen molar-refractivity contribution in [1.29, 1.82) is 0 Å². The summed E-state index contributed by atoms with van der Waals surface area (Å²) in [6.45, 7) is 0.188. The second-order valence-electron chi connectivity index (χ2n) is 2.41. The van der Waals surface area contributed by atoms with E-state index in [4.69, 9.17) is 11.4 Å². The monoisotopic (exact) mass is 187 g/mol. The highest BCUT2D eigenvalue weighted by molar-refractivity contribution is 5.47. The Bertz CT molecular complexity index is 391. The van der Waals surface area contributed by atoms with Crippen LogP contribution in [0.25, 0.3) is 10.4 Å². The number of anilines is 1. The Morgan fingerprint density at radius 3 is 2.71 bits per heavy atom. The molecule has 0 spiro atoms. The maximum atomic E-state index is 8.00. The molecular formula is C9H9N5. The van der Waals surface area contributed by atoms with Crippen molar-refractivity contribution in [2.24, 2.45) is 11.0 Å². The summed E-state index contributed by atoms with van der Waals surface area (Å²) < 4.78 is 0. The van der Waals surface area contributed by atoms with E-state index in [0.29, 0.717) is 0 Å². The first-order valence-electron chi connectivity index (χ1n) is 3.93. The summed E-state index contributed by atoms with van der Waals surface area (Å²) in [5.74, 6) is 10.8. The Kier molecular flexibility index (Phi) is 3.89. The minimum Gasteiger partial charge on any atom is -0.324 e. The van der Waals surface area contributed by atoms with E-state index in [-0.39, 0.29) is 6.54 Å². The second-order valence-corrected chi connectivity index (χ2v) is 2.41. The van der Waals surface area contributed by atoms with Gasteiger partial charge in [0.25, 0.3) is 0 Å². The molecule has 0 amide bonds. The number of hydrogen-bond donors (Lipinski definition) is 2. The molecule has 0 unspecified atom stereocenters. The number of nitrogen functional groups attached to an aromatic ring is 1. The first-order chi connectivity index (χ1) is 6.86. The van der Waals surface area contributed by atoms with Crippen molar-refractivity contribution in [2.45, 2.75) is 0 Å². The largest absolute Gasteiger partial charge is 0.324 e. The van der Waals surface area contributed by atoms with Gasteiger partial charge in [-0.15, -0.1) is 0 Å². The lowest BCUT2D eigenvalue weighted by Crippen LogP contribution is -2.05. The Labute approximate surface area is 81.5 Å². The van der Waals surface area contributed by atoms with E-state index < -0.39 is 0 Å². The van der Waals surface area contributed by atoms with Gasteiger partial charge in [0.2, 0.25) is 0 Å². The van der Waals surface area contributed by atoms with Crippen LogP contribution in [0.4, 0.5) is 5.69 Å². The first kappa shape index (κ1) is 9.93. The van der Waals surface area contributed by atoms with Gasteiger partial charge in [-0.05, 0) is 29.8 Å². The normalized spacial score (nSPS) is 8.07. The van der Waals surface area contributed by atoms with Crippen molar-refractivity contribution in [3.8, 4) is 11.8 Å². The molecule has 0 saturated carbocycles. The number of nitrogens with zero attached hydrogens (tertiary/aromatic N) is 3. The molecule has 0 aliphatic carbocycles. The maximum absolute atomic E-state index is 8.00. The summed E-state index contributed by atoms with van der Waals surface area (Å²) in [6.07, 6.45) is 0. The number of nitrogens with one attached hydrogen (secondary N) is 1. The minimum absolute atomic E-state index is 0.188. The number of hydrogen-bond acceptors (Lipinski definition) is 3. The molecule has 0 atom stereocenters. The third-order valence-electron chi connectivity index (χ3n) is 1.50. The van der Waals surface area contributed by atoms with Crippen molar-refractivity contribution in [3.63, 3.8) is 0 Å². The van der Waals surface area contributed by atoms with Gasteiger partial charge in [-0.1, -0.05) is 17.0 Å². The molecule has 1 aromatic rings. The molecule has 0 aliphatic rings. The summed E-state index contributed by atoms with van der Waals surface area (Å²) in [6, 6.07) is 7.30. The van der Waals surface area contributed by atoms with Crippen LogP contribution >= 0.6 is 0 Å². The van der Waals surface area contributed by atoms with E-state index in [0.717, 1.165) is 11.3 Å². The predicted molar refractivity (Wildman–Crippen MR) is 55.1 cm³/mol. The van der Waals surface area contributed by atoms with Crippen LogP contribution in [0.15, 0.2) is 29.4 Å². The summed E-state index contributed by atoms with van der Waals surface area (Å²) in [7, 11) is 0. The van der Waals surface area contributed by atoms with Gasteiger partial charge >= 0.3 is 0 Å². The van der Waals surface area contributed by atoms with Crippen LogP contribution in [-0.4, -0.2) is 6.54 Å². The molecule has 3 N–H and O–H groups in total. The number of benzene rings is 1. The van der Waals surface area contributed by atoms with E-state index in [2.05, 4.69) is 27.3 Å².